The summed E-state index contributed by atoms with van der Waals surface area (Å²) < 4.78 is 25.7. The van der Waals surface area contributed by atoms with Gasteiger partial charge in [0, 0.05) is 11.8 Å². The lowest BCUT2D eigenvalue weighted by atomic mass is 9.96. The van der Waals surface area contributed by atoms with Crippen LogP contribution in [0.2, 0.25) is 0 Å². The van der Waals surface area contributed by atoms with Gasteiger partial charge in [0.15, 0.2) is 11.6 Å². The van der Waals surface area contributed by atoms with Crippen LogP contribution < -0.4 is 10.6 Å². The molecule has 5 nitrogen and oxygen atoms in total. The molecule has 0 aliphatic carbocycles. The molecule has 1 aromatic carbocycles. The van der Waals surface area contributed by atoms with Crippen LogP contribution in [0.4, 0.5) is 14.5 Å². The quantitative estimate of drug-likeness (QED) is 0.615. The van der Waals surface area contributed by atoms with Gasteiger partial charge in [-0.3, -0.25) is 19.7 Å². The van der Waals surface area contributed by atoms with E-state index in [0.717, 1.165) is 18.2 Å². The Morgan fingerprint density at radius 2 is 1.89 bits per heavy atom. The van der Waals surface area contributed by atoms with Crippen LogP contribution in [0.1, 0.15) is 6.92 Å². The maximum Gasteiger partial charge on any atom is 0.239 e. The van der Waals surface area contributed by atoms with Crippen molar-refractivity contribution in [3.8, 4) is 0 Å². The van der Waals surface area contributed by atoms with E-state index in [9.17, 15) is 23.2 Å². The Kier molecular flexibility index (Phi) is 3.28. The van der Waals surface area contributed by atoms with E-state index in [1.54, 1.807) is 0 Å². The zero-order chi connectivity index (χ0) is 14.2. The van der Waals surface area contributed by atoms with Gasteiger partial charge in [0.25, 0.3) is 0 Å². The third-order valence-electron chi connectivity index (χ3n) is 2.91. The zero-order valence-electron chi connectivity index (χ0n) is 9.87. The second-order valence-corrected chi connectivity index (χ2v) is 4.24. The molecular formula is C12H10F2N2O3. The van der Waals surface area contributed by atoms with Crippen molar-refractivity contribution in [3.05, 3.63) is 29.8 Å². The van der Waals surface area contributed by atoms with E-state index in [2.05, 4.69) is 5.32 Å². The van der Waals surface area contributed by atoms with Gasteiger partial charge in [-0.05, 0) is 12.1 Å². The zero-order valence-corrected chi connectivity index (χ0v) is 9.87. The molecule has 1 aliphatic heterocycles. The van der Waals surface area contributed by atoms with Crippen molar-refractivity contribution in [1.82, 2.24) is 5.32 Å². The maximum atomic E-state index is 13.0. The summed E-state index contributed by atoms with van der Waals surface area (Å²) in [5.74, 6) is -6.08. The minimum absolute atomic E-state index is 0.0169. The van der Waals surface area contributed by atoms with Gasteiger partial charge in [0.05, 0.1) is 5.92 Å². The first-order chi connectivity index (χ1) is 8.90. The summed E-state index contributed by atoms with van der Waals surface area (Å²) in [6, 6.07) is 2.82. The molecule has 2 rings (SSSR count). The predicted octanol–water partition coefficient (Wildman–Crippen LogP) is 0.812. The lowest BCUT2D eigenvalue weighted by molar-refractivity contribution is -0.131. The average molecular weight is 268 g/mol. The third-order valence-corrected chi connectivity index (χ3v) is 2.91. The number of benzene rings is 1. The molecule has 1 heterocycles. The summed E-state index contributed by atoms with van der Waals surface area (Å²) in [6.07, 6.45) is 0. The average Bonchev–Trinajstić information content (AvgIpc) is 2.58. The normalized spacial score (nSPS) is 22.3. The Morgan fingerprint density at radius 1 is 1.21 bits per heavy atom. The summed E-state index contributed by atoms with van der Waals surface area (Å²) >= 11 is 0. The molecule has 0 saturated carbocycles. The smallest absolute Gasteiger partial charge is 0.239 e. The Morgan fingerprint density at radius 3 is 2.42 bits per heavy atom. The minimum Gasteiger partial charge on any atom is -0.325 e. The Bertz CT molecular complexity index is 574. The summed E-state index contributed by atoms with van der Waals surface area (Å²) in [5, 5.41) is 4.31. The van der Waals surface area contributed by atoms with E-state index >= 15 is 0 Å². The number of nitrogens with one attached hydrogen (secondary N) is 2. The Hall–Kier alpha value is -2.31. The second-order valence-electron chi connectivity index (χ2n) is 4.24. The van der Waals surface area contributed by atoms with Crippen molar-refractivity contribution in [1.29, 1.82) is 0 Å². The molecule has 2 unspecified atom stereocenters. The van der Waals surface area contributed by atoms with Crippen LogP contribution in [0.5, 0.6) is 0 Å². The first-order valence-electron chi connectivity index (χ1n) is 5.51. The molecule has 1 aromatic rings. The standard InChI is InChI=1S/C12H10F2N2O3/c1-5-9(12(19)16-10(5)17)11(18)15-6-2-3-7(13)8(14)4-6/h2-5,9H,1H3,(H,15,18)(H,16,17,19). The van der Waals surface area contributed by atoms with Crippen LogP contribution >= 0.6 is 0 Å². The molecule has 0 radical (unpaired) electrons. The summed E-state index contributed by atoms with van der Waals surface area (Å²) in [6.45, 7) is 1.44. The molecule has 3 amide bonds. The highest BCUT2D eigenvalue weighted by molar-refractivity contribution is 6.17. The van der Waals surface area contributed by atoms with E-state index in [-0.39, 0.29) is 5.69 Å². The molecular weight excluding hydrogens is 258 g/mol. The van der Waals surface area contributed by atoms with Gasteiger partial charge in [-0.2, -0.15) is 0 Å². The molecule has 1 aliphatic rings. The second kappa shape index (κ2) is 4.75. The first-order valence-corrected chi connectivity index (χ1v) is 5.51. The van der Waals surface area contributed by atoms with E-state index in [1.807, 2.05) is 5.32 Å². The number of anilines is 1. The van der Waals surface area contributed by atoms with Crippen molar-refractivity contribution in [3.63, 3.8) is 0 Å². The molecule has 0 aromatic heterocycles. The number of rotatable bonds is 2. The molecule has 2 N–H and O–H groups in total. The largest absolute Gasteiger partial charge is 0.325 e. The highest BCUT2D eigenvalue weighted by Crippen LogP contribution is 2.21. The third kappa shape index (κ3) is 2.44. The molecule has 1 fully saturated rings. The highest BCUT2D eigenvalue weighted by atomic mass is 19.2. The van der Waals surface area contributed by atoms with Crippen LogP contribution in [0, 0.1) is 23.5 Å². The van der Waals surface area contributed by atoms with Crippen molar-refractivity contribution in [2.45, 2.75) is 6.92 Å². The molecule has 1 saturated heterocycles. The van der Waals surface area contributed by atoms with Crippen molar-refractivity contribution in [2.75, 3.05) is 5.32 Å². The number of halogens is 2. The van der Waals surface area contributed by atoms with Gasteiger partial charge in [0.1, 0.15) is 5.92 Å². The van der Waals surface area contributed by atoms with Crippen LogP contribution in [0.15, 0.2) is 18.2 Å². The maximum absolute atomic E-state index is 13.0. The Labute approximate surface area is 107 Å². The first kappa shape index (κ1) is 13.1. The number of amides is 3. The fraction of sp³-hybridized carbons (Fsp3) is 0.250. The van der Waals surface area contributed by atoms with Crippen molar-refractivity contribution in [2.24, 2.45) is 11.8 Å². The van der Waals surface area contributed by atoms with E-state index in [4.69, 9.17) is 0 Å². The van der Waals surface area contributed by atoms with Gasteiger partial charge in [-0.1, -0.05) is 6.92 Å². The van der Waals surface area contributed by atoms with E-state index in [0.29, 0.717) is 0 Å². The summed E-state index contributed by atoms with van der Waals surface area (Å²) in [5.41, 5.74) is 0.0169. The summed E-state index contributed by atoms with van der Waals surface area (Å²) in [4.78, 5) is 34.5. The number of hydrogen-bond acceptors (Lipinski definition) is 3. The minimum atomic E-state index is -1.17. The lowest BCUT2D eigenvalue weighted by Crippen LogP contribution is -2.32. The number of carbonyl (C=O) groups is 3. The molecule has 7 heteroatoms. The predicted molar refractivity (Wildman–Crippen MR) is 60.8 cm³/mol. The van der Waals surface area contributed by atoms with Gasteiger partial charge in [-0.15, -0.1) is 0 Å². The number of carbonyl (C=O) groups excluding carboxylic acids is 3. The molecule has 100 valence electrons. The molecule has 19 heavy (non-hydrogen) atoms. The SMILES string of the molecule is CC1C(=O)NC(=O)C1C(=O)Nc1ccc(F)c(F)c1. The van der Waals surface area contributed by atoms with Crippen molar-refractivity contribution < 1.29 is 23.2 Å². The lowest BCUT2D eigenvalue weighted by Gasteiger charge is -2.11. The van der Waals surface area contributed by atoms with Crippen LogP contribution in [0.3, 0.4) is 0 Å². The topological polar surface area (TPSA) is 75.3 Å². The van der Waals surface area contributed by atoms with E-state index < -0.39 is 41.2 Å². The van der Waals surface area contributed by atoms with Crippen molar-refractivity contribution >= 4 is 23.4 Å². The fourth-order valence-corrected chi connectivity index (χ4v) is 1.83. The summed E-state index contributed by atoms with van der Waals surface area (Å²) in [7, 11) is 0. The number of imide groups is 1. The molecule has 0 spiro atoms. The fourth-order valence-electron chi connectivity index (χ4n) is 1.83. The van der Waals surface area contributed by atoms with Crippen LogP contribution in [0.25, 0.3) is 0 Å². The van der Waals surface area contributed by atoms with E-state index in [1.165, 1.54) is 6.92 Å². The molecule has 0 bridgehead atoms. The Balaban J connectivity index is 2.15. The highest BCUT2D eigenvalue weighted by Gasteiger charge is 2.43. The van der Waals surface area contributed by atoms with Crippen LogP contribution in [-0.2, 0) is 14.4 Å². The van der Waals surface area contributed by atoms with Gasteiger partial charge < -0.3 is 5.32 Å². The van der Waals surface area contributed by atoms with Gasteiger partial charge in [-0.25, -0.2) is 8.78 Å². The monoisotopic (exact) mass is 268 g/mol. The molecule has 2 atom stereocenters. The number of hydrogen-bond donors (Lipinski definition) is 2. The van der Waals surface area contributed by atoms with Gasteiger partial charge >= 0.3 is 0 Å². The van der Waals surface area contributed by atoms with Crippen LogP contribution in [-0.4, -0.2) is 17.7 Å². The van der Waals surface area contributed by atoms with Gasteiger partial charge in [0.2, 0.25) is 17.7 Å².